The maximum Gasteiger partial charge on any atom is 0.283 e. The molecular weight excluding hydrogens is 435 g/mol. The molecule has 1 aromatic carbocycles. The smallest absolute Gasteiger partial charge is 0.283 e. The number of aliphatic imine (C=N–C) groups is 1. The summed E-state index contributed by atoms with van der Waals surface area (Å²) in [7, 11) is 0. The molecule has 3 aliphatic rings. The number of fused-ring (bicyclic) bond motifs is 4. The molecule has 0 radical (unpaired) electrons. The van der Waals surface area contributed by atoms with Gasteiger partial charge in [0.25, 0.3) is 6.02 Å². The molecule has 1 spiro atoms. The van der Waals surface area contributed by atoms with E-state index >= 15 is 0 Å². The van der Waals surface area contributed by atoms with Crippen molar-refractivity contribution in [1.82, 2.24) is 9.97 Å². The molecule has 3 aromatic rings. The predicted octanol–water partition coefficient (Wildman–Crippen LogP) is 4.56. The quantitative estimate of drug-likeness (QED) is 0.566. The first-order valence-corrected chi connectivity index (χ1v) is 11.1. The van der Waals surface area contributed by atoms with Crippen LogP contribution in [0, 0.1) is 5.95 Å². The average Bonchev–Trinajstić information content (AvgIpc) is 3.21. The lowest BCUT2D eigenvalue weighted by Gasteiger charge is -2.34. The third kappa shape index (κ3) is 3.33. The zero-order valence-electron chi connectivity index (χ0n) is 18.8. The Morgan fingerprint density at radius 3 is 2.53 bits per heavy atom. The van der Waals surface area contributed by atoms with Gasteiger partial charge in [-0.15, -0.1) is 0 Å². The van der Waals surface area contributed by atoms with Crippen LogP contribution < -0.4 is 10.5 Å². The van der Waals surface area contributed by atoms with Crippen molar-refractivity contribution in [3.8, 4) is 22.6 Å². The monoisotopic (exact) mass is 458 g/mol. The molecule has 2 N–H and O–H groups in total. The van der Waals surface area contributed by atoms with Gasteiger partial charge >= 0.3 is 0 Å². The van der Waals surface area contributed by atoms with Crippen molar-refractivity contribution in [2.75, 3.05) is 13.2 Å². The fraction of sp³-hybridized carbons (Fsp3) is 0.269. The first kappa shape index (κ1) is 20.8. The lowest BCUT2D eigenvalue weighted by atomic mass is 9.80. The third-order valence-electron chi connectivity index (χ3n) is 6.45. The number of nitrogens with zero attached hydrogens (tertiary/aromatic N) is 3. The van der Waals surface area contributed by atoms with Gasteiger partial charge in [0, 0.05) is 22.9 Å². The fourth-order valence-electron chi connectivity index (χ4n) is 4.82. The number of aromatic nitrogens is 2. The molecule has 2 aromatic heterocycles. The van der Waals surface area contributed by atoms with E-state index in [4.69, 9.17) is 24.9 Å². The van der Waals surface area contributed by atoms with Gasteiger partial charge in [0.05, 0.1) is 24.1 Å². The first-order chi connectivity index (χ1) is 16.3. The second-order valence-corrected chi connectivity index (χ2v) is 9.22. The Hall–Kier alpha value is -3.78. The lowest BCUT2D eigenvalue weighted by molar-refractivity contribution is 0.0164. The number of hydrogen-bond acceptors (Lipinski definition) is 7. The average molecular weight is 458 g/mol. The topological polar surface area (TPSA) is 91.9 Å². The molecule has 1 atom stereocenters. The number of nitrogens with two attached hydrogens (primary N) is 1. The van der Waals surface area contributed by atoms with Crippen molar-refractivity contribution in [3.05, 3.63) is 77.6 Å². The minimum atomic E-state index is -0.880. The summed E-state index contributed by atoms with van der Waals surface area (Å²) in [6.45, 7) is 4.94. The molecule has 8 heteroatoms. The van der Waals surface area contributed by atoms with E-state index in [9.17, 15) is 4.39 Å². The second kappa shape index (κ2) is 7.36. The lowest BCUT2D eigenvalue weighted by Crippen LogP contribution is -2.31. The molecule has 34 heavy (non-hydrogen) atoms. The Morgan fingerprint density at radius 2 is 1.79 bits per heavy atom. The van der Waals surface area contributed by atoms with Gasteiger partial charge in [-0.25, -0.2) is 9.98 Å². The van der Waals surface area contributed by atoms with Gasteiger partial charge in [-0.3, -0.25) is 4.98 Å². The molecule has 6 rings (SSSR count). The number of rotatable bonds is 2. The van der Waals surface area contributed by atoms with Crippen LogP contribution in [0.4, 0.5) is 4.39 Å². The molecule has 0 saturated carbocycles. The maximum atomic E-state index is 13.4. The van der Waals surface area contributed by atoms with Crippen LogP contribution in [-0.2, 0) is 15.0 Å². The molecule has 5 heterocycles. The summed E-state index contributed by atoms with van der Waals surface area (Å²) in [6.07, 6.45) is 6.12. The maximum absolute atomic E-state index is 13.4. The van der Waals surface area contributed by atoms with Gasteiger partial charge in [0.1, 0.15) is 12.4 Å². The highest BCUT2D eigenvalue weighted by Crippen LogP contribution is 2.52. The van der Waals surface area contributed by atoms with E-state index in [0.717, 1.165) is 39.9 Å². The Balaban J connectivity index is 1.51. The van der Waals surface area contributed by atoms with Gasteiger partial charge < -0.3 is 19.9 Å². The van der Waals surface area contributed by atoms with E-state index in [1.807, 2.05) is 38.1 Å². The van der Waals surface area contributed by atoms with Gasteiger partial charge in [-0.2, -0.15) is 4.39 Å². The summed E-state index contributed by atoms with van der Waals surface area (Å²) in [5.74, 6) is 0.735. The van der Waals surface area contributed by atoms with Gasteiger partial charge in [-0.1, -0.05) is 6.07 Å². The normalized spacial score (nSPS) is 22.2. The van der Waals surface area contributed by atoms with Crippen LogP contribution in [0.15, 0.2) is 59.9 Å². The van der Waals surface area contributed by atoms with Crippen molar-refractivity contribution >= 4 is 11.6 Å². The number of benzene rings is 1. The van der Waals surface area contributed by atoms with Crippen molar-refractivity contribution in [2.24, 2.45) is 10.7 Å². The van der Waals surface area contributed by atoms with Crippen LogP contribution in [0.2, 0.25) is 0 Å². The number of pyridine rings is 2. The molecular formula is C26H23FN4O3. The van der Waals surface area contributed by atoms with Crippen molar-refractivity contribution in [3.63, 3.8) is 0 Å². The van der Waals surface area contributed by atoms with E-state index in [1.165, 1.54) is 12.3 Å². The van der Waals surface area contributed by atoms with Crippen LogP contribution in [0.5, 0.6) is 11.5 Å². The Morgan fingerprint density at radius 1 is 0.971 bits per heavy atom. The Kier molecular flexibility index (Phi) is 4.50. The number of hydrogen-bond donors (Lipinski definition) is 1. The second-order valence-electron chi connectivity index (χ2n) is 9.22. The van der Waals surface area contributed by atoms with Gasteiger partial charge in [0.2, 0.25) is 5.95 Å². The van der Waals surface area contributed by atoms with Crippen LogP contribution in [-0.4, -0.2) is 34.8 Å². The molecule has 172 valence electrons. The molecule has 0 amide bonds. The standard InChI is InChI=1S/C26H23FN4O3/c1-25(2)11-16(7-8-33-25)20-10-19-22(13-29-20)34-21-5-3-15(17-4-6-23(27)30-12-17)9-18(21)26(19)14-32-24(28)31-26/h3-6,9-13H,7-8,14H2,1-2H3,(H2,28,31)/t26-/m0/s1. The van der Waals surface area contributed by atoms with Crippen molar-refractivity contribution in [1.29, 1.82) is 0 Å². The summed E-state index contributed by atoms with van der Waals surface area (Å²) in [5.41, 5.74) is 10.1. The first-order valence-electron chi connectivity index (χ1n) is 11.1. The fourth-order valence-corrected chi connectivity index (χ4v) is 4.82. The summed E-state index contributed by atoms with van der Waals surface area (Å²) in [4.78, 5) is 13.2. The molecule has 0 saturated heterocycles. The number of ether oxygens (including phenoxy) is 3. The highest BCUT2D eigenvalue weighted by molar-refractivity contribution is 5.78. The Labute approximate surface area is 196 Å². The van der Waals surface area contributed by atoms with E-state index in [1.54, 1.807) is 12.3 Å². The SMILES string of the molecule is CC1(C)C=C(c2cc3c(cn2)Oc2ccc(-c4ccc(F)nc4)cc2[C@@]32COC(N)=N2)CCO1. The molecule has 7 nitrogen and oxygen atoms in total. The Bertz CT molecular complexity index is 1370. The summed E-state index contributed by atoms with van der Waals surface area (Å²) >= 11 is 0. The molecule has 0 aliphatic carbocycles. The molecule has 0 fully saturated rings. The molecule has 0 bridgehead atoms. The minimum Gasteiger partial charge on any atom is -0.462 e. The zero-order chi connectivity index (χ0) is 23.5. The van der Waals surface area contributed by atoms with Crippen LogP contribution in [0.1, 0.15) is 37.1 Å². The highest BCUT2D eigenvalue weighted by atomic mass is 19.1. The third-order valence-corrected chi connectivity index (χ3v) is 6.45. The predicted molar refractivity (Wildman–Crippen MR) is 125 cm³/mol. The van der Waals surface area contributed by atoms with Gasteiger partial charge in [0.15, 0.2) is 11.3 Å². The van der Waals surface area contributed by atoms with Crippen LogP contribution in [0.3, 0.4) is 0 Å². The highest BCUT2D eigenvalue weighted by Gasteiger charge is 2.47. The van der Waals surface area contributed by atoms with Crippen molar-refractivity contribution < 1.29 is 18.6 Å². The van der Waals surface area contributed by atoms with Crippen LogP contribution >= 0.6 is 0 Å². The largest absolute Gasteiger partial charge is 0.462 e. The summed E-state index contributed by atoms with van der Waals surface area (Å²) < 4.78 is 31.1. The van der Waals surface area contributed by atoms with Crippen molar-refractivity contribution in [2.45, 2.75) is 31.4 Å². The summed E-state index contributed by atoms with van der Waals surface area (Å²) in [6, 6.07) is 10.9. The van der Waals surface area contributed by atoms with E-state index in [-0.39, 0.29) is 18.2 Å². The summed E-state index contributed by atoms with van der Waals surface area (Å²) in [5, 5.41) is 0. The minimum absolute atomic E-state index is 0.123. The van der Waals surface area contributed by atoms with Gasteiger partial charge in [-0.05, 0) is 67.8 Å². The molecule has 3 aliphatic heterocycles. The zero-order valence-corrected chi connectivity index (χ0v) is 18.8. The van der Waals surface area contributed by atoms with E-state index in [2.05, 4.69) is 16.0 Å². The molecule has 0 unspecified atom stereocenters. The van der Waals surface area contributed by atoms with E-state index < -0.39 is 11.5 Å². The van der Waals surface area contributed by atoms with E-state index in [0.29, 0.717) is 18.1 Å². The number of amidine groups is 1. The number of halogens is 1. The van der Waals surface area contributed by atoms with Crippen LogP contribution in [0.25, 0.3) is 16.7 Å².